The molecule has 2 N–H and O–H groups in total. The molecule has 98 valence electrons. The van der Waals surface area contributed by atoms with Crippen molar-refractivity contribution in [1.29, 1.82) is 0 Å². The highest BCUT2D eigenvalue weighted by atomic mass is 16.1. The van der Waals surface area contributed by atoms with Gasteiger partial charge < -0.3 is 5.73 Å². The first-order valence-electron chi connectivity index (χ1n) is 6.14. The van der Waals surface area contributed by atoms with Crippen LogP contribution in [0.1, 0.15) is 54.2 Å². The largest absolute Gasteiger partial charge is 0.393 e. The van der Waals surface area contributed by atoms with E-state index in [0.29, 0.717) is 5.69 Å². The van der Waals surface area contributed by atoms with Gasteiger partial charge >= 0.3 is 0 Å². The van der Waals surface area contributed by atoms with Crippen molar-refractivity contribution in [1.82, 2.24) is 9.36 Å². The van der Waals surface area contributed by atoms with E-state index in [4.69, 9.17) is 5.73 Å². The number of nitrogens with two attached hydrogens (primary N) is 1. The molecule has 0 bridgehead atoms. The number of anilines is 1. The van der Waals surface area contributed by atoms with Gasteiger partial charge in [0.15, 0.2) is 0 Å². The normalized spacial score (nSPS) is 13.1. The van der Waals surface area contributed by atoms with Gasteiger partial charge in [0.25, 0.3) is 5.56 Å². The monoisotopic (exact) mass is 239 g/mol. The van der Waals surface area contributed by atoms with E-state index in [1.54, 1.807) is 4.68 Å². The van der Waals surface area contributed by atoms with Crippen molar-refractivity contribution in [3.63, 3.8) is 0 Å². The molecule has 0 unspecified atom stereocenters. The van der Waals surface area contributed by atoms with Crippen LogP contribution in [-0.2, 0) is 17.5 Å². The summed E-state index contributed by atoms with van der Waals surface area (Å²) in [4.78, 5) is 12.3. The summed E-state index contributed by atoms with van der Waals surface area (Å²) >= 11 is 0. The molecule has 4 nitrogen and oxygen atoms in total. The van der Waals surface area contributed by atoms with Crippen LogP contribution in [0.25, 0.3) is 0 Å². The molecule has 1 heterocycles. The highest BCUT2D eigenvalue weighted by Gasteiger charge is 2.30. The lowest BCUT2D eigenvalue weighted by Gasteiger charge is -2.28. The van der Waals surface area contributed by atoms with E-state index in [2.05, 4.69) is 20.8 Å². The molecule has 0 aliphatic carbocycles. The lowest BCUT2D eigenvalue weighted by molar-refractivity contribution is 0.276. The average Bonchev–Trinajstić information content (AvgIpc) is 2.37. The summed E-state index contributed by atoms with van der Waals surface area (Å²) in [7, 11) is 0. The van der Waals surface area contributed by atoms with Gasteiger partial charge in [0, 0.05) is 12.0 Å². The van der Waals surface area contributed by atoms with Gasteiger partial charge in [0.1, 0.15) is 5.69 Å². The topological polar surface area (TPSA) is 52.9 Å². The number of hydrogen-bond acceptors (Lipinski definition) is 2. The standard InChI is InChI=1S/C13H25N3O/c1-8-15-10(12(2,3)4)9(14)11(17)16(15)13(5,6)7/h8,14H2,1-7H3. The second kappa shape index (κ2) is 3.93. The predicted molar refractivity (Wildman–Crippen MR) is 72.5 cm³/mol. The van der Waals surface area contributed by atoms with Crippen molar-refractivity contribution in [2.45, 2.75) is 66.0 Å². The van der Waals surface area contributed by atoms with Crippen molar-refractivity contribution >= 4 is 5.69 Å². The minimum atomic E-state index is -0.259. The third-order valence-electron chi connectivity index (χ3n) is 2.82. The number of hydrogen-bond donors (Lipinski definition) is 1. The summed E-state index contributed by atoms with van der Waals surface area (Å²) in [6.07, 6.45) is 0. The molecular weight excluding hydrogens is 214 g/mol. The number of aromatic nitrogens is 2. The van der Waals surface area contributed by atoms with Crippen LogP contribution < -0.4 is 11.3 Å². The molecule has 0 aromatic carbocycles. The molecule has 0 aliphatic rings. The summed E-state index contributed by atoms with van der Waals surface area (Å²) in [5, 5.41) is 0. The molecule has 1 aromatic rings. The van der Waals surface area contributed by atoms with E-state index >= 15 is 0 Å². The van der Waals surface area contributed by atoms with Crippen LogP contribution in [0, 0.1) is 0 Å². The van der Waals surface area contributed by atoms with Gasteiger partial charge in [-0.05, 0) is 27.7 Å². The minimum absolute atomic E-state index is 0.0794. The van der Waals surface area contributed by atoms with Crippen molar-refractivity contribution < 1.29 is 0 Å². The molecule has 4 heteroatoms. The fourth-order valence-electron chi connectivity index (χ4n) is 2.32. The second-order valence-electron chi connectivity index (χ2n) is 6.52. The van der Waals surface area contributed by atoms with Gasteiger partial charge in [-0.25, -0.2) is 4.68 Å². The Morgan fingerprint density at radius 2 is 1.59 bits per heavy atom. The van der Waals surface area contributed by atoms with Crippen LogP contribution in [-0.4, -0.2) is 9.36 Å². The Bertz CT molecular complexity index is 467. The van der Waals surface area contributed by atoms with Crippen molar-refractivity contribution in [3.8, 4) is 0 Å². The van der Waals surface area contributed by atoms with Crippen molar-refractivity contribution in [3.05, 3.63) is 16.0 Å². The number of nitrogens with zero attached hydrogens (tertiary/aromatic N) is 2. The summed E-state index contributed by atoms with van der Waals surface area (Å²) in [6, 6.07) is 0. The van der Waals surface area contributed by atoms with Gasteiger partial charge in [-0.1, -0.05) is 20.8 Å². The van der Waals surface area contributed by atoms with Crippen LogP contribution in [0.3, 0.4) is 0 Å². The molecule has 0 spiro atoms. The molecule has 0 atom stereocenters. The molecule has 1 aromatic heterocycles. The maximum absolute atomic E-state index is 12.3. The van der Waals surface area contributed by atoms with Gasteiger partial charge in [0.2, 0.25) is 0 Å². The quantitative estimate of drug-likeness (QED) is 0.817. The molecule has 0 saturated heterocycles. The Morgan fingerprint density at radius 1 is 1.12 bits per heavy atom. The summed E-state index contributed by atoms with van der Waals surface area (Å²) < 4.78 is 3.78. The molecule has 1 rings (SSSR count). The van der Waals surface area contributed by atoms with E-state index in [1.165, 1.54) is 0 Å². The van der Waals surface area contributed by atoms with Gasteiger partial charge in [-0.15, -0.1) is 0 Å². The molecule has 0 fully saturated rings. The van der Waals surface area contributed by atoms with E-state index in [9.17, 15) is 4.79 Å². The summed E-state index contributed by atoms with van der Waals surface area (Å²) in [5.74, 6) is 0. The Kier molecular flexibility index (Phi) is 3.21. The van der Waals surface area contributed by atoms with Crippen LogP contribution in [0.4, 0.5) is 5.69 Å². The Labute approximate surface area is 103 Å². The smallest absolute Gasteiger partial charge is 0.290 e. The second-order valence-corrected chi connectivity index (χ2v) is 6.52. The third kappa shape index (κ3) is 2.26. The lowest BCUT2D eigenvalue weighted by atomic mass is 9.91. The molecule has 0 amide bonds. The van der Waals surface area contributed by atoms with E-state index in [1.807, 2.05) is 32.4 Å². The molecule has 0 radical (unpaired) electrons. The van der Waals surface area contributed by atoms with Crippen LogP contribution in [0.2, 0.25) is 0 Å². The molecular formula is C13H25N3O. The van der Waals surface area contributed by atoms with E-state index < -0.39 is 0 Å². The zero-order valence-corrected chi connectivity index (χ0v) is 12.1. The number of rotatable bonds is 1. The maximum atomic E-state index is 12.3. The number of nitrogen functional groups attached to an aromatic ring is 1. The van der Waals surface area contributed by atoms with Crippen molar-refractivity contribution in [2.24, 2.45) is 0 Å². The summed E-state index contributed by atoms with van der Waals surface area (Å²) in [6.45, 7) is 15.1. The molecule has 0 aliphatic heterocycles. The highest BCUT2D eigenvalue weighted by Crippen LogP contribution is 2.28. The predicted octanol–water partition coefficient (Wildman–Crippen LogP) is 2.30. The van der Waals surface area contributed by atoms with Gasteiger partial charge in [0.05, 0.1) is 11.2 Å². The van der Waals surface area contributed by atoms with Crippen LogP contribution in [0.15, 0.2) is 4.79 Å². The SMILES string of the molecule is CCn1c(C(C)(C)C)c(N)c(=O)n1C(C)(C)C. The Balaban J connectivity index is 3.73. The fraction of sp³-hybridized carbons (Fsp3) is 0.769. The van der Waals surface area contributed by atoms with Gasteiger partial charge in [-0.3, -0.25) is 9.48 Å². The van der Waals surface area contributed by atoms with Gasteiger partial charge in [-0.2, -0.15) is 0 Å². The molecule has 17 heavy (non-hydrogen) atoms. The minimum Gasteiger partial charge on any atom is -0.393 e. The average molecular weight is 239 g/mol. The van der Waals surface area contributed by atoms with E-state index in [0.717, 1.165) is 12.2 Å². The zero-order valence-electron chi connectivity index (χ0n) is 12.1. The third-order valence-corrected chi connectivity index (χ3v) is 2.82. The first-order chi connectivity index (χ1) is 7.51. The summed E-state index contributed by atoms with van der Waals surface area (Å²) in [5.41, 5.74) is 6.85. The first-order valence-corrected chi connectivity index (χ1v) is 6.14. The van der Waals surface area contributed by atoms with Crippen LogP contribution >= 0.6 is 0 Å². The maximum Gasteiger partial charge on any atom is 0.290 e. The Morgan fingerprint density at radius 3 is 1.88 bits per heavy atom. The zero-order chi connectivity index (χ0) is 13.6. The fourth-order valence-corrected chi connectivity index (χ4v) is 2.32. The first kappa shape index (κ1) is 13.9. The highest BCUT2D eigenvalue weighted by molar-refractivity contribution is 5.45. The molecule has 0 saturated carbocycles. The lowest BCUT2D eigenvalue weighted by Crippen LogP contribution is -2.37. The van der Waals surface area contributed by atoms with Crippen LogP contribution in [0.5, 0.6) is 0 Å². The Hall–Kier alpha value is -1.19. The van der Waals surface area contributed by atoms with Crippen molar-refractivity contribution in [2.75, 3.05) is 5.73 Å². The van der Waals surface area contributed by atoms with E-state index in [-0.39, 0.29) is 16.5 Å².